The van der Waals surface area contributed by atoms with Crippen molar-refractivity contribution in [2.45, 2.75) is 39.2 Å². The standard InChI is InChI=1S/C18H27N3O.HI/c1-3-19-18(21-16-10-5-6-11-16)20-13-8-14-22-17-12-7-4-9-15(17)2;/h4-7,9,12,16H,3,8,10-11,13-14H2,1-2H3,(H2,19,20,21);1H. The maximum atomic E-state index is 5.79. The fourth-order valence-electron chi connectivity index (χ4n) is 2.40. The largest absolute Gasteiger partial charge is 0.493 e. The van der Waals surface area contributed by atoms with E-state index in [0.717, 1.165) is 44.1 Å². The van der Waals surface area contributed by atoms with Crippen LogP contribution < -0.4 is 15.4 Å². The molecule has 2 rings (SSSR count). The lowest BCUT2D eigenvalue weighted by Gasteiger charge is -2.16. The number of guanidine groups is 1. The van der Waals surface area contributed by atoms with Gasteiger partial charge in [0.2, 0.25) is 0 Å². The van der Waals surface area contributed by atoms with Crippen LogP contribution in [0.5, 0.6) is 5.75 Å². The lowest BCUT2D eigenvalue weighted by molar-refractivity contribution is 0.311. The molecule has 0 aromatic heterocycles. The summed E-state index contributed by atoms with van der Waals surface area (Å²) < 4.78 is 5.79. The van der Waals surface area contributed by atoms with Crippen LogP contribution >= 0.6 is 24.0 Å². The SMILES string of the molecule is CCNC(=NCCCOc1ccccc1C)NC1CC=CC1.I. The molecule has 0 spiro atoms. The molecule has 0 amide bonds. The van der Waals surface area contributed by atoms with Gasteiger partial charge in [0.1, 0.15) is 5.75 Å². The number of ether oxygens (including phenoxy) is 1. The third-order valence-electron chi connectivity index (χ3n) is 3.62. The second-order valence-electron chi connectivity index (χ2n) is 5.51. The number of aliphatic imine (C=N–C) groups is 1. The Morgan fingerprint density at radius 3 is 2.70 bits per heavy atom. The molecule has 1 aliphatic rings. The minimum atomic E-state index is 0. The van der Waals surface area contributed by atoms with Gasteiger partial charge in [-0.3, -0.25) is 4.99 Å². The zero-order valence-electron chi connectivity index (χ0n) is 14.0. The first kappa shape index (κ1) is 19.8. The molecule has 0 saturated carbocycles. The van der Waals surface area contributed by atoms with E-state index in [0.29, 0.717) is 12.6 Å². The molecule has 0 heterocycles. The fraction of sp³-hybridized carbons (Fsp3) is 0.500. The number of benzene rings is 1. The number of nitrogens with zero attached hydrogens (tertiary/aromatic N) is 1. The van der Waals surface area contributed by atoms with Crippen LogP contribution in [0.1, 0.15) is 31.7 Å². The number of rotatable bonds is 7. The highest BCUT2D eigenvalue weighted by molar-refractivity contribution is 14.0. The zero-order valence-corrected chi connectivity index (χ0v) is 16.4. The Labute approximate surface area is 156 Å². The lowest BCUT2D eigenvalue weighted by Crippen LogP contribution is -2.42. The molecule has 2 N–H and O–H groups in total. The summed E-state index contributed by atoms with van der Waals surface area (Å²) in [5, 5.41) is 6.77. The normalized spacial score (nSPS) is 14.4. The summed E-state index contributed by atoms with van der Waals surface area (Å²) >= 11 is 0. The van der Waals surface area contributed by atoms with E-state index in [1.807, 2.05) is 18.2 Å². The molecule has 0 atom stereocenters. The smallest absolute Gasteiger partial charge is 0.191 e. The topological polar surface area (TPSA) is 45.7 Å². The van der Waals surface area contributed by atoms with Crippen molar-refractivity contribution in [2.24, 2.45) is 4.99 Å². The molecule has 0 unspecified atom stereocenters. The van der Waals surface area contributed by atoms with Gasteiger partial charge in [0.05, 0.1) is 6.61 Å². The number of hydrogen-bond acceptors (Lipinski definition) is 2. The molecule has 23 heavy (non-hydrogen) atoms. The Balaban J connectivity index is 0.00000264. The summed E-state index contributed by atoms with van der Waals surface area (Å²) in [6.45, 7) is 6.49. The Bertz CT molecular complexity index is 509. The van der Waals surface area contributed by atoms with E-state index >= 15 is 0 Å². The van der Waals surface area contributed by atoms with Gasteiger partial charge in [-0.05, 0) is 38.3 Å². The average molecular weight is 429 g/mol. The van der Waals surface area contributed by atoms with Crippen molar-refractivity contribution in [2.75, 3.05) is 19.7 Å². The number of halogens is 1. The van der Waals surface area contributed by atoms with E-state index in [1.165, 1.54) is 5.56 Å². The zero-order chi connectivity index (χ0) is 15.6. The molecule has 0 bridgehead atoms. The highest BCUT2D eigenvalue weighted by Gasteiger charge is 2.11. The number of aryl methyl sites for hydroxylation is 1. The average Bonchev–Trinajstić information content (AvgIpc) is 3.02. The Hall–Kier alpha value is -1.24. The third-order valence-corrected chi connectivity index (χ3v) is 3.62. The van der Waals surface area contributed by atoms with Crippen LogP contribution in [0.3, 0.4) is 0 Å². The maximum Gasteiger partial charge on any atom is 0.191 e. The van der Waals surface area contributed by atoms with E-state index in [1.54, 1.807) is 0 Å². The first-order chi connectivity index (χ1) is 10.8. The first-order valence-corrected chi connectivity index (χ1v) is 8.18. The van der Waals surface area contributed by atoms with E-state index in [-0.39, 0.29) is 24.0 Å². The van der Waals surface area contributed by atoms with Crippen LogP contribution in [0.25, 0.3) is 0 Å². The van der Waals surface area contributed by atoms with Gasteiger partial charge >= 0.3 is 0 Å². The van der Waals surface area contributed by atoms with Crippen LogP contribution in [-0.2, 0) is 0 Å². The molecule has 4 nitrogen and oxygen atoms in total. The van der Waals surface area contributed by atoms with Crippen LogP contribution in [0, 0.1) is 6.92 Å². The number of hydrogen-bond donors (Lipinski definition) is 2. The van der Waals surface area contributed by atoms with E-state index in [2.05, 4.69) is 47.7 Å². The van der Waals surface area contributed by atoms with Gasteiger partial charge in [-0.25, -0.2) is 0 Å². The molecule has 0 saturated heterocycles. The van der Waals surface area contributed by atoms with Gasteiger partial charge < -0.3 is 15.4 Å². The summed E-state index contributed by atoms with van der Waals surface area (Å²) in [6.07, 6.45) is 7.52. The highest BCUT2D eigenvalue weighted by Crippen LogP contribution is 2.16. The summed E-state index contributed by atoms with van der Waals surface area (Å²) in [4.78, 5) is 4.62. The van der Waals surface area contributed by atoms with Gasteiger partial charge in [-0.2, -0.15) is 0 Å². The maximum absolute atomic E-state index is 5.79. The second-order valence-corrected chi connectivity index (χ2v) is 5.51. The minimum Gasteiger partial charge on any atom is -0.493 e. The third kappa shape index (κ3) is 7.24. The van der Waals surface area contributed by atoms with Gasteiger partial charge in [0.25, 0.3) is 0 Å². The van der Waals surface area contributed by atoms with Gasteiger partial charge in [0.15, 0.2) is 5.96 Å². The molecular formula is C18H28IN3O. The summed E-state index contributed by atoms with van der Waals surface area (Å²) in [5.74, 6) is 1.88. The van der Waals surface area contributed by atoms with Gasteiger partial charge in [0, 0.05) is 25.6 Å². The molecule has 0 radical (unpaired) electrons. The summed E-state index contributed by atoms with van der Waals surface area (Å²) in [7, 11) is 0. The summed E-state index contributed by atoms with van der Waals surface area (Å²) in [5.41, 5.74) is 1.18. The molecule has 0 aliphatic heterocycles. The Morgan fingerprint density at radius 1 is 1.26 bits per heavy atom. The van der Waals surface area contributed by atoms with Crippen LogP contribution in [0.15, 0.2) is 41.4 Å². The van der Waals surface area contributed by atoms with Crippen LogP contribution in [-0.4, -0.2) is 31.7 Å². The molecule has 1 aromatic carbocycles. The molecule has 1 aromatic rings. The van der Waals surface area contributed by atoms with Crippen molar-refractivity contribution < 1.29 is 4.74 Å². The van der Waals surface area contributed by atoms with Gasteiger partial charge in [-0.15, -0.1) is 24.0 Å². The van der Waals surface area contributed by atoms with Crippen molar-refractivity contribution in [1.29, 1.82) is 0 Å². The second kappa shape index (κ2) is 11.3. The van der Waals surface area contributed by atoms with Crippen molar-refractivity contribution in [1.82, 2.24) is 10.6 Å². The van der Waals surface area contributed by atoms with Crippen molar-refractivity contribution in [3.8, 4) is 5.75 Å². The molecule has 128 valence electrons. The quantitative estimate of drug-likeness (QED) is 0.229. The Kier molecular flexibility index (Phi) is 9.75. The van der Waals surface area contributed by atoms with Crippen LogP contribution in [0.4, 0.5) is 0 Å². The minimum absolute atomic E-state index is 0. The monoisotopic (exact) mass is 429 g/mol. The lowest BCUT2D eigenvalue weighted by atomic mass is 10.2. The predicted octanol–water partition coefficient (Wildman–Crippen LogP) is 3.66. The van der Waals surface area contributed by atoms with E-state index < -0.39 is 0 Å². The van der Waals surface area contributed by atoms with E-state index in [4.69, 9.17) is 4.74 Å². The first-order valence-electron chi connectivity index (χ1n) is 8.18. The predicted molar refractivity (Wildman–Crippen MR) is 108 cm³/mol. The van der Waals surface area contributed by atoms with Gasteiger partial charge in [-0.1, -0.05) is 30.4 Å². The van der Waals surface area contributed by atoms with E-state index in [9.17, 15) is 0 Å². The highest BCUT2D eigenvalue weighted by atomic mass is 127. The number of para-hydroxylation sites is 1. The molecule has 0 fully saturated rings. The molecule has 1 aliphatic carbocycles. The van der Waals surface area contributed by atoms with Crippen molar-refractivity contribution in [3.63, 3.8) is 0 Å². The molecule has 5 heteroatoms. The number of nitrogens with one attached hydrogen (secondary N) is 2. The Morgan fingerprint density at radius 2 is 2.00 bits per heavy atom. The molecular weight excluding hydrogens is 401 g/mol. The van der Waals surface area contributed by atoms with Crippen LogP contribution in [0.2, 0.25) is 0 Å². The van der Waals surface area contributed by atoms with Crippen molar-refractivity contribution >= 4 is 29.9 Å². The van der Waals surface area contributed by atoms with Crippen molar-refractivity contribution in [3.05, 3.63) is 42.0 Å². The fourth-order valence-corrected chi connectivity index (χ4v) is 2.40. The summed E-state index contributed by atoms with van der Waals surface area (Å²) in [6, 6.07) is 8.59.